The van der Waals surface area contributed by atoms with Gasteiger partial charge >= 0.3 is 5.97 Å². The summed E-state index contributed by atoms with van der Waals surface area (Å²) in [7, 11) is 1.58. The van der Waals surface area contributed by atoms with Crippen LogP contribution in [0.5, 0.6) is 5.75 Å². The molecule has 1 aliphatic rings. The zero-order valence-corrected chi connectivity index (χ0v) is 11.2. The number of rotatable bonds is 6. The summed E-state index contributed by atoms with van der Waals surface area (Å²) < 4.78 is 10.0. The van der Waals surface area contributed by atoms with E-state index in [4.69, 9.17) is 9.47 Å². The quantitative estimate of drug-likeness (QED) is 0.740. The summed E-state index contributed by atoms with van der Waals surface area (Å²) >= 11 is 0. The smallest absolute Gasteiger partial charge is 0.310 e. The lowest BCUT2D eigenvalue weighted by Crippen LogP contribution is -2.20. The summed E-state index contributed by atoms with van der Waals surface area (Å²) in [5.74, 6) is 0.670. The van der Waals surface area contributed by atoms with Gasteiger partial charge < -0.3 is 9.47 Å². The molecule has 0 bridgehead atoms. The second-order valence-electron chi connectivity index (χ2n) is 4.28. The fourth-order valence-electron chi connectivity index (χ4n) is 1.75. The van der Waals surface area contributed by atoms with Crippen molar-refractivity contribution in [3.05, 3.63) is 61.4 Å². The van der Waals surface area contributed by atoms with Crippen LogP contribution in [-0.2, 0) is 20.7 Å². The zero-order chi connectivity index (χ0) is 14.4. The van der Waals surface area contributed by atoms with Crippen LogP contribution in [0.4, 0.5) is 0 Å². The normalized spacial score (nSPS) is 15.1. The minimum Gasteiger partial charge on any atom is -0.497 e. The Hall–Kier alpha value is -1.84. The van der Waals surface area contributed by atoms with E-state index in [-0.39, 0.29) is 18.8 Å². The molecule has 4 nitrogen and oxygen atoms in total. The predicted molar refractivity (Wildman–Crippen MR) is 73.1 cm³/mol. The van der Waals surface area contributed by atoms with Crippen LogP contribution in [0.3, 0.4) is 0 Å². The lowest BCUT2D eigenvalue weighted by Gasteiger charge is -2.08. The largest absolute Gasteiger partial charge is 0.497 e. The van der Waals surface area contributed by atoms with Crippen molar-refractivity contribution in [2.45, 2.75) is 6.42 Å². The first-order chi connectivity index (χ1) is 9.69. The topological polar surface area (TPSA) is 52.6 Å². The Morgan fingerprint density at radius 1 is 1.05 bits per heavy atom. The molecule has 1 fully saturated rings. The molecular weight excluding hydrogens is 256 g/mol. The summed E-state index contributed by atoms with van der Waals surface area (Å²) in [5.41, 5.74) is 0.816. The first-order valence-corrected chi connectivity index (χ1v) is 6.22. The van der Waals surface area contributed by atoms with Crippen LogP contribution in [0.2, 0.25) is 0 Å². The fourth-order valence-corrected chi connectivity index (χ4v) is 1.75. The van der Waals surface area contributed by atoms with Gasteiger partial charge in [0.05, 0.1) is 19.4 Å². The minimum absolute atomic E-state index is 0.137. The molecule has 1 aromatic carbocycles. The molecule has 4 heteroatoms. The van der Waals surface area contributed by atoms with E-state index in [0.29, 0.717) is 5.92 Å². The van der Waals surface area contributed by atoms with E-state index >= 15 is 0 Å². The van der Waals surface area contributed by atoms with E-state index in [1.165, 1.54) is 0 Å². The van der Waals surface area contributed by atoms with Crippen LogP contribution in [-0.4, -0.2) is 25.5 Å². The maximum atomic E-state index is 11.7. The van der Waals surface area contributed by atoms with Crippen LogP contribution >= 0.6 is 0 Å². The van der Waals surface area contributed by atoms with Crippen molar-refractivity contribution in [2.75, 3.05) is 13.7 Å². The Balaban J connectivity index is 1.75. The second kappa shape index (κ2) is 7.08. The molecule has 103 valence electrons. The van der Waals surface area contributed by atoms with Gasteiger partial charge in [-0.15, -0.1) is 0 Å². The van der Waals surface area contributed by atoms with Gasteiger partial charge in [-0.05, 0) is 43.4 Å². The molecule has 0 N–H and O–H groups in total. The predicted octanol–water partition coefficient (Wildman–Crippen LogP) is 1.76. The van der Waals surface area contributed by atoms with E-state index in [0.717, 1.165) is 11.3 Å². The third-order valence-electron chi connectivity index (χ3n) is 2.86. The highest BCUT2D eigenvalue weighted by Gasteiger charge is 2.25. The number of methoxy groups -OCH3 is 1. The highest BCUT2D eigenvalue weighted by atomic mass is 16.5. The molecule has 0 amide bonds. The van der Waals surface area contributed by atoms with Crippen molar-refractivity contribution in [1.29, 1.82) is 0 Å². The van der Waals surface area contributed by atoms with Gasteiger partial charge in [0.15, 0.2) is 12.4 Å². The summed E-state index contributed by atoms with van der Waals surface area (Å²) in [4.78, 5) is 23.3. The van der Waals surface area contributed by atoms with Crippen molar-refractivity contribution < 1.29 is 19.1 Å². The highest BCUT2D eigenvalue weighted by Crippen LogP contribution is 2.23. The van der Waals surface area contributed by atoms with Gasteiger partial charge in [0.25, 0.3) is 0 Å². The van der Waals surface area contributed by atoms with E-state index in [1.54, 1.807) is 57.1 Å². The molecular formula is C16H15O4. The number of ketones is 1. The van der Waals surface area contributed by atoms with Crippen LogP contribution in [0.1, 0.15) is 5.56 Å². The molecule has 2 rings (SSSR count). The van der Waals surface area contributed by atoms with Crippen molar-refractivity contribution in [3.8, 4) is 5.75 Å². The lowest BCUT2D eigenvalue weighted by molar-refractivity contribution is -0.146. The fraction of sp³-hybridized carbons (Fsp3) is 0.188. The number of carbonyl (C=O) groups excluding carboxylic acids is 2. The standard InChI is InChI=1S/C16H15O4/c1-19-14-8-6-12(7-9-14)10-16(18)20-11-15(17)13-4-2-3-5-13/h2-9H,10-11H2,1H3. The van der Waals surface area contributed by atoms with E-state index in [9.17, 15) is 9.59 Å². The lowest BCUT2D eigenvalue weighted by atomic mass is 10.0. The Bertz CT molecular complexity index is 458. The molecule has 1 aliphatic carbocycles. The molecule has 1 saturated carbocycles. The molecule has 5 radical (unpaired) electrons. The van der Waals surface area contributed by atoms with Crippen molar-refractivity contribution in [1.82, 2.24) is 0 Å². The summed E-state index contributed by atoms with van der Waals surface area (Å²) in [6.45, 7) is -0.223. The van der Waals surface area contributed by atoms with Crippen LogP contribution in [0.25, 0.3) is 0 Å². The third-order valence-corrected chi connectivity index (χ3v) is 2.86. The number of esters is 1. The molecule has 0 atom stereocenters. The Morgan fingerprint density at radius 2 is 1.70 bits per heavy atom. The summed E-state index contributed by atoms with van der Waals surface area (Å²) in [6.07, 6.45) is 7.07. The number of hydrogen-bond donors (Lipinski definition) is 0. The third kappa shape index (κ3) is 4.08. The van der Waals surface area contributed by atoms with Gasteiger partial charge in [-0.3, -0.25) is 9.59 Å². The second-order valence-corrected chi connectivity index (χ2v) is 4.28. The molecule has 1 aromatic rings. The van der Waals surface area contributed by atoms with Gasteiger partial charge in [0.2, 0.25) is 0 Å². The number of hydrogen-bond acceptors (Lipinski definition) is 4. The molecule has 20 heavy (non-hydrogen) atoms. The SMILES string of the molecule is COc1ccc(CC(=O)OCC(=O)[C]2[CH][CH][CH][CH]2)cc1. The van der Waals surface area contributed by atoms with Gasteiger partial charge in [0.1, 0.15) is 5.75 Å². The van der Waals surface area contributed by atoms with E-state index < -0.39 is 5.97 Å². The first-order valence-electron chi connectivity index (χ1n) is 6.22. The minimum atomic E-state index is -0.421. The Kier molecular flexibility index (Phi) is 5.16. The van der Waals surface area contributed by atoms with Crippen molar-refractivity contribution in [2.24, 2.45) is 0 Å². The summed E-state index contributed by atoms with van der Waals surface area (Å²) in [5, 5.41) is 0. The molecule has 0 saturated heterocycles. The number of benzene rings is 1. The van der Waals surface area contributed by atoms with Gasteiger partial charge in [-0.2, -0.15) is 0 Å². The first kappa shape index (κ1) is 14.6. The Morgan fingerprint density at radius 3 is 2.30 bits per heavy atom. The average molecular weight is 271 g/mol. The molecule has 0 heterocycles. The molecule has 0 aliphatic heterocycles. The Labute approximate surface area is 119 Å². The molecule has 0 aromatic heterocycles. The van der Waals surface area contributed by atoms with Crippen LogP contribution in [0.15, 0.2) is 24.3 Å². The maximum Gasteiger partial charge on any atom is 0.310 e. The molecule has 0 spiro atoms. The number of ether oxygens (including phenoxy) is 2. The van der Waals surface area contributed by atoms with Crippen molar-refractivity contribution >= 4 is 11.8 Å². The monoisotopic (exact) mass is 271 g/mol. The highest BCUT2D eigenvalue weighted by molar-refractivity contribution is 5.99. The number of carbonyl (C=O) groups is 2. The van der Waals surface area contributed by atoms with Gasteiger partial charge in [0, 0.05) is 0 Å². The van der Waals surface area contributed by atoms with E-state index in [2.05, 4.69) is 0 Å². The summed E-state index contributed by atoms with van der Waals surface area (Å²) in [6, 6.07) is 7.13. The average Bonchev–Trinajstić information content (AvgIpc) is 3.00. The molecule has 0 unspecified atom stereocenters. The zero-order valence-electron chi connectivity index (χ0n) is 11.2. The van der Waals surface area contributed by atoms with E-state index in [1.807, 2.05) is 0 Å². The van der Waals surface area contributed by atoms with Crippen LogP contribution in [0, 0.1) is 31.6 Å². The maximum absolute atomic E-state index is 11.7. The van der Waals surface area contributed by atoms with Gasteiger partial charge in [-0.1, -0.05) is 12.1 Å². The van der Waals surface area contributed by atoms with Gasteiger partial charge in [-0.25, -0.2) is 0 Å². The number of Topliss-reactive ketones (excluding diaryl/α,β-unsaturated/α-hetero) is 1. The van der Waals surface area contributed by atoms with Crippen LogP contribution < -0.4 is 4.74 Å². The van der Waals surface area contributed by atoms with Crippen molar-refractivity contribution in [3.63, 3.8) is 0 Å².